The molecule has 0 spiro atoms. The normalized spacial score (nSPS) is 16.2. The van der Waals surface area contributed by atoms with Crippen LogP contribution < -0.4 is 0 Å². The fraction of sp³-hybridized carbons (Fsp3) is 0.536. The van der Waals surface area contributed by atoms with Crippen LogP contribution in [0, 0.1) is 0 Å². The number of esters is 1. The number of aromatic nitrogens is 1. The monoisotopic (exact) mass is 451 g/mol. The number of aryl methyl sites for hydroxylation is 1. The van der Waals surface area contributed by atoms with Crippen molar-refractivity contribution in [2.75, 3.05) is 6.61 Å². The summed E-state index contributed by atoms with van der Waals surface area (Å²) in [5, 5.41) is 9.00. The number of carboxylic acid groups (broad SMARTS) is 1. The SMILES string of the molecule is CCCCCc1cc2c(cc1C(=O)OCCc1ccc(C(=O)O)cn1)C(C)(C)CCC2(C)C. The van der Waals surface area contributed by atoms with Crippen LogP contribution in [0.4, 0.5) is 0 Å². The molecule has 5 nitrogen and oxygen atoms in total. The van der Waals surface area contributed by atoms with E-state index in [2.05, 4.69) is 51.7 Å². The van der Waals surface area contributed by atoms with Crippen LogP contribution in [0.25, 0.3) is 0 Å². The summed E-state index contributed by atoms with van der Waals surface area (Å²) in [6, 6.07) is 7.55. The molecular formula is C28H37NO4. The molecule has 178 valence electrons. The standard InChI is InChI=1S/C28H37NO4/c1-6-7-8-9-19-16-23-24(28(4,5)14-13-27(23,2)3)17-22(19)26(32)33-15-12-21-11-10-20(18-29-21)25(30)31/h10-11,16-18H,6-9,12-15H2,1-5H3,(H,30,31). The van der Waals surface area contributed by atoms with Gasteiger partial charge in [0.15, 0.2) is 0 Å². The van der Waals surface area contributed by atoms with Gasteiger partial charge in [-0.3, -0.25) is 4.98 Å². The molecule has 0 aliphatic heterocycles. The largest absolute Gasteiger partial charge is 0.478 e. The highest BCUT2D eigenvalue weighted by Gasteiger charge is 2.38. The van der Waals surface area contributed by atoms with Gasteiger partial charge in [0.25, 0.3) is 0 Å². The maximum absolute atomic E-state index is 13.2. The molecule has 1 aromatic heterocycles. The lowest BCUT2D eigenvalue weighted by molar-refractivity contribution is 0.0506. The predicted octanol–water partition coefficient (Wildman–Crippen LogP) is 6.26. The van der Waals surface area contributed by atoms with Gasteiger partial charge >= 0.3 is 11.9 Å². The molecule has 0 radical (unpaired) electrons. The number of benzene rings is 1. The van der Waals surface area contributed by atoms with Gasteiger partial charge in [-0.15, -0.1) is 0 Å². The Bertz CT molecular complexity index is 1010. The van der Waals surface area contributed by atoms with Crippen molar-refractivity contribution in [3.05, 3.63) is 64.0 Å². The minimum atomic E-state index is -1.01. The zero-order valence-electron chi connectivity index (χ0n) is 20.7. The molecule has 0 atom stereocenters. The van der Waals surface area contributed by atoms with Crippen LogP contribution in [0.15, 0.2) is 30.5 Å². The molecule has 1 aliphatic rings. The second-order valence-corrected chi connectivity index (χ2v) is 10.5. The molecule has 0 bridgehead atoms. The zero-order chi connectivity index (χ0) is 24.2. The maximum Gasteiger partial charge on any atom is 0.338 e. The van der Waals surface area contributed by atoms with E-state index in [4.69, 9.17) is 9.84 Å². The fourth-order valence-corrected chi connectivity index (χ4v) is 4.65. The zero-order valence-corrected chi connectivity index (χ0v) is 20.7. The number of carbonyl (C=O) groups is 2. The molecule has 0 fully saturated rings. The third kappa shape index (κ3) is 5.82. The van der Waals surface area contributed by atoms with Crippen molar-refractivity contribution in [3.8, 4) is 0 Å². The van der Waals surface area contributed by atoms with Crippen LogP contribution in [0.3, 0.4) is 0 Å². The van der Waals surface area contributed by atoms with Gasteiger partial charge in [0, 0.05) is 18.3 Å². The van der Waals surface area contributed by atoms with Crippen LogP contribution in [0.2, 0.25) is 0 Å². The smallest absolute Gasteiger partial charge is 0.338 e. The van der Waals surface area contributed by atoms with E-state index in [1.165, 1.54) is 23.4 Å². The Balaban J connectivity index is 1.81. The number of aromatic carboxylic acids is 1. The van der Waals surface area contributed by atoms with E-state index in [0.29, 0.717) is 17.7 Å². The maximum atomic E-state index is 13.2. The van der Waals surface area contributed by atoms with Crippen molar-refractivity contribution in [2.45, 2.75) is 90.4 Å². The van der Waals surface area contributed by atoms with Gasteiger partial charge in [-0.2, -0.15) is 0 Å². The van der Waals surface area contributed by atoms with E-state index in [0.717, 1.165) is 44.1 Å². The number of unbranched alkanes of at least 4 members (excludes halogenated alkanes) is 2. The first-order valence-corrected chi connectivity index (χ1v) is 12.1. The lowest BCUT2D eigenvalue weighted by Crippen LogP contribution is -2.34. The number of pyridine rings is 1. The van der Waals surface area contributed by atoms with Gasteiger partial charge < -0.3 is 9.84 Å². The van der Waals surface area contributed by atoms with E-state index in [9.17, 15) is 9.59 Å². The summed E-state index contributed by atoms with van der Waals surface area (Å²) in [6.07, 6.45) is 8.21. The first-order chi connectivity index (χ1) is 15.5. The fourth-order valence-electron chi connectivity index (χ4n) is 4.65. The molecule has 5 heteroatoms. The molecular weight excluding hydrogens is 414 g/mol. The molecule has 2 aromatic rings. The summed E-state index contributed by atoms with van der Waals surface area (Å²) in [5.41, 5.74) is 5.36. The van der Waals surface area contributed by atoms with E-state index in [1.54, 1.807) is 6.07 Å². The van der Waals surface area contributed by atoms with Crippen LogP contribution in [0.1, 0.15) is 110 Å². The Hall–Kier alpha value is -2.69. The van der Waals surface area contributed by atoms with Crippen molar-refractivity contribution in [3.63, 3.8) is 0 Å². The van der Waals surface area contributed by atoms with Crippen LogP contribution >= 0.6 is 0 Å². The number of fused-ring (bicyclic) bond motifs is 1. The van der Waals surface area contributed by atoms with Gasteiger partial charge in [0.2, 0.25) is 0 Å². The van der Waals surface area contributed by atoms with Crippen molar-refractivity contribution < 1.29 is 19.4 Å². The number of carbonyl (C=O) groups excluding carboxylic acids is 1. The second-order valence-electron chi connectivity index (χ2n) is 10.5. The first kappa shape index (κ1) is 24.9. The molecule has 1 heterocycles. The molecule has 33 heavy (non-hydrogen) atoms. The van der Waals surface area contributed by atoms with Crippen LogP contribution in [0.5, 0.6) is 0 Å². The third-order valence-corrected chi connectivity index (χ3v) is 7.01. The van der Waals surface area contributed by atoms with Gasteiger partial charge in [-0.25, -0.2) is 9.59 Å². The molecule has 0 saturated carbocycles. The topological polar surface area (TPSA) is 76.5 Å². The van der Waals surface area contributed by atoms with Crippen molar-refractivity contribution in [2.24, 2.45) is 0 Å². The molecule has 1 aliphatic carbocycles. The minimum absolute atomic E-state index is 0.0254. The summed E-state index contributed by atoms with van der Waals surface area (Å²) < 4.78 is 5.67. The lowest BCUT2D eigenvalue weighted by Gasteiger charge is -2.42. The lowest BCUT2D eigenvalue weighted by atomic mass is 9.62. The van der Waals surface area contributed by atoms with E-state index < -0.39 is 5.97 Å². The van der Waals surface area contributed by atoms with Gasteiger partial charge in [-0.05, 0) is 71.4 Å². The molecule has 0 amide bonds. The average Bonchev–Trinajstić information content (AvgIpc) is 2.77. The number of carboxylic acids is 1. The molecule has 1 N–H and O–H groups in total. The quantitative estimate of drug-likeness (QED) is 0.360. The Morgan fingerprint density at radius 3 is 2.24 bits per heavy atom. The van der Waals surface area contributed by atoms with Gasteiger partial charge in [0.1, 0.15) is 0 Å². The van der Waals surface area contributed by atoms with Crippen molar-refractivity contribution in [1.29, 1.82) is 0 Å². The number of hydrogen-bond donors (Lipinski definition) is 1. The Morgan fingerprint density at radius 1 is 1.00 bits per heavy atom. The van der Waals surface area contributed by atoms with Crippen molar-refractivity contribution >= 4 is 11.9 Å². The van der Waals surface area contributed by atoms with E-state index in [1.807, 2.05) is 0 Å². The summed E-state index contributed by atoms with van der Waals surface area (Å²) >= 11 is 0. The summed E-state index contributed by atoms with van der Waals surface area (Å²) in [4.78, 5) is 28.3. The van der Waals surface area contributed by atoms with Crippen molar-refractivity contribution in [1.82, 2.24) is 4.98 Å². The summed E-state index contributed by atoms with van der Waals surface area (Å²) in [7, 11) is 0. The Kier molecular flexibility index (Phi) is 7.61. The van der Waals surface area contributed by atoms with E-state index in [-0.39, 0.29) is 29.0 Å². The van der Waals surface area contributed by atoms with Crippen LogP contribution in [-0.2, 0) is 28.4 Å². The Labute approximate surface area is 197 Å². The van der Waals surface area contributed by atoms with Gasteiger partial charge in [0.05, 0.1) is 17.7 Å². The molecule has 0 unspecified atom stereocenters. The third-order valence-electron chi connectivity index (χ3n) is 7.01. The van der Waals surface area contributed by atoms with E-state index >= 15 is 0 Å². The highest BCUT2D eigenvalue weighted by atomic mass is 16.5. The van der Waals surface area contributed by atoms with Gasteiger partial charge in [-0.1, -0.05) is 53.5 Å². The predicted molar refractivity (Wildman–Crippen MR) is 130 cm³/mol. The number of hydrogen-bond acceptors (Lipinski definition) is 4. The van der Waals surface area contributed by atoms with Crippen LogP contribution in [-0.4, -0.2) is 28.6 Å². The number of nitrogens with zero attached hydrogens (tertiary/aromatic N) is 1. The summed E-state index contributed by atoms with van der Waals surface area (Å²) in [6.45, 7) is 11.5. The molecule has 3 rings (SSSR count). The average molecular weight is 452 g/mol. The molecule has 0 saturated heterocycles. The minimum Gasteiger partial charge on any atom is -0.478 e. The molecule has 1 aromatic carbocycles. The highest BCUT2D eigenvalue weighted by molar-refractivity contribution is 5.92. The second kappa shape index (κ2) is 10.1. The highest BCUT2D eigenvalue weighted by Crippen LogP contribution is 2.46. The number of rotatable bonds is 9. The number of ether oxygens (including phenoxy) is 1. The Morgan fingerprint density at radius 2 is 1.67 bits per heavy atom. The summed E-state index contributed by atoms with van der Waals surface area (Å²) in [5.74, 6) is -1.29. The first-order valence-electron chi connectivity index (χ1n) is 12.1.